The molecule has 0 aliphatic carbocycles. The highest BCUT2D eigenvalue weighted by atomic mass is 35.5. The quantitative estimate of drug-likeness (QED) is 0.654. The molecular weight excluding hydrogens is 370 g/mol. The Hall–Kier alpha value is -2.25. The van der Waals surface area contributed by atoms with E-state index in [4.69, 9.17) is 11.6 Å². The number of hydrogen-bond acceptors (Lipinski definition) is 5. The molecule has 0 spiro atoms. The fraction of sp³-hybridized carbons (Fsp3) is 0.333. The van der Waals surface area contributed by atoms with Crippen LogP contribution in [0.1, 0.15) is 53.7 Å². The predicted molar refractivity (Wildman–Crippen MR) is 104 cm³/mol. The molecule has 0 aliphatic rings. The number of benzene rings is 1. The van der Waals surface area contributed by atoms with Crippen molar-refractivity contribution in [1.29, 1.82) is 0 Å². The smallest absolute Gasteiger partial charge is 0.262 e. The summed E-state index contributed by atoms with van der Waals surface area (Å²) in [7, 11) is 0. The number of anilines is 1. The van der Waals surface area contributed by atoms with Crippen LogP contribution < -0.4 is 5.32 Å². The van der Waals surface area contributed by atoms with Gasteiger partial charge >= 0.3 is 0 Å². The lowest BCUT2D eigenvalue weighted by atomic mass is 10.1. The summed E-state index contributed by atoms with van der Waals surface area (Å²) in [5.74, 6) is 0.0336. The van der Waals surface area contributed by atoms with E-state index in [1.165, 1.54) is 11.3 Å². The van der Waals surface area contributed by atoms with Gasteiger partial charge in [0.1, 0.15) is 15.7 Å². The number of hydrogen-bond donors (Lipinski definition) is 1. The van der Waals surface area contributed by atoms with E-state index in [0.29, 0.717) is 22.3 Å². The zero-order valence-electron chi connectivity index (χ0n) is 14.9. The molecule has 1 aromatic carbocycles. The van der Waals surface area contributed by atoms with Crippen LogP contribution in [-0.2, 0) is 0 Å². The Morgan fingerprint density at radius 3 is 2.58 bits per heavy atom. The summed E-state index contributed by atoms with van der Waals surface area (Å²) in [4.78, 5) is 12.7. The number of halogens is 1. The Kier molecular flexibility index (Phi) is 5.68. The molecule has 0 radical (unpaired) electrons. The normalized spacial score (nSPS) is 11.1. The van der Waals surface area contributed by atoms with Gasteiger partial charge in [0.15, 0.2) is 0 Å². The van der Waals surface area contributed by atoms with Gasteiger partial charge in [0, 0.05) is 5.92 Å². The molecule has 2 heterocycles. The number of nitrogens with one attached hydrogen (secondary N) is 1. The zero-order chi connectivity index (χ0) is 18.7. The molecule has 1 amide bonds. The van der Waals surface area contributed by atoms with Gasteiger partial charge in [0.25, 0.3) is 5.91 Å². The molecule has 0 bridgehead atoms. The Bertz CT molecular complexity index is 902. The SMILES string of the molecule is CCC(CC)c1nnc(NC(=O)c2c(C)nn(-c3ccccc3)c2Cl)s1. The number of aromatic nitrogens is 4. The first-order valence-electron chi connectivity index (χ1n) is 8.50. The van der Waals surface area contributed by atoms with E-state index >= 15 is 0 Å². The largest absolute Gasteiger partial charge is 0.296 e. The van der Waals surface area contributed by atoms with Gasteiger partial charge in [0.05, 0.1) is 11.4 Å². The van der Waals surface area contributed by atoms with Gasteiger partial charge < -0.3 is 0 Å². The number of aryl methyl sites for hydroxylation is 1. The van der Waals surface area contributed by atoms with Crippen molar-refractivity contribution in [3.05, 3.63) is 51.7 Å². The minimum atomic E-state index is -0.332. The first kappa shape index (κ1) is 18.5. The van der Waals surface area contributed by atoms with E-state index in [2.05, 4.69) is 34.5 Å². The van der Waals surface area contributed by atoms with Gasteiger partial charge in [-0.25, -0.2) is 4.68 Å². The second-order valence-corrected chi connectivity index (χ2v) is 7.28. The highest BCUT2D eigenvalue weighted by Crippen LogP contribution is 2.29. The van der Waals surface area contributed by atoms with E-state index in [9.17, 15) is 4.79 Å². The highest BCUT2D eigenvalue weighted by molar-refractivity contribution is 7.15. The van der Waals surface area contributed by atoms with Crippen LogP contribution in [0.3, 0.4) is 0 Å². The number of amides is 1. The molecular formula is C18H20ClN5OS. The van der Waals surface area contributed by atoms with Gasteiger partial charge in [-0.2, -0.15) is 5.10 Å². The van der Waals surface area contributed by atoms with E-state index < -0.39 is 0 Å². The Morgan fingerprint density at radius 2 is 1.92 bits per heavy atom. The molecule has 26 heavy (non-hydrogen) atoms. The van der Waals surface area contributed by atoms with Crippen molar-refractivity contribution in [2.24, 2.45) is 0 Å². The minimum absolute atomic E-state index is 0.274. The molecule has 0 atom stereocenters. The number of para-hydroxylation sites is 1. The molecule has 1 N–H and O–H groups in total. The molecule has 6 nitrogen and oxygen atoms in total. The Labute approximate surface area is 161 Å². The van der Waals surface area contributed by atoms with E-state index in [1.54, 1.807) is 11.6 Å². The summed E-state index contributed by atoms with van der Waals surface area (Å²) in [6.45, 7) is 6.00. The first-order chi connectivity index (χ1) is 12.5. The van der Waals surface area contributed by atoms with Crippen LogP contribution in [-0.4, -0.2) is 25.9 Å². The van der Waals surface area contributed by atoms with E-state index in [0.717, 1.165) is 23.5 Å². The average molecular weight is 390 g/mol. The van der Waals surface area contributed by atoms with Gasteiger partial charge in [-0.15, -0.1) is 10.2 Å². The van der Waals surface area contributed by atoms with Gasteiger partial charge in [-0.1, -0.05) is 55.0 Å². The second kappa shape index (κ2) is 7.97. The Balaban J connectivity index is 1.84. The maximum atomic E-state index is 12.7. The van der Waals surface area contributed by atoms with Crippen molar-refractivity contribution in [3.8, 4) is 5.69 Å². The fourth-order valence-electron chi connectivity index (χ4n) is 2.74. The summed E-state index contributed by atoms with van der Waals surface area (Å²) in [6.07, 6.45) is 1.99. The third-order valence-corrected chi connectivity index (χ3v) is 5.58. The van der Waals surface area contributed by atoms with Crippen molar-refractivity contribution >= 4 is 34.0 Å². The summed E-state index contributed by atoms with van der Waals surface area (Å²) in [5, 5.41) is 17.2. The average Bonchev–Trinajstić information content (AvgIpc) is 3.21. The topological polar surface area (TPSA) is 72.7 Å². The molecule has 0 saturated carbocycles. The Morgan fingerprint density at radius 1 is 1.23 bits per heavy atom. The third-order valence-electron chi connectivity index (χ3n) is 4.23. The maximum Gasteiger partial charge on any atom is 0.262 e. The van der Waals surface area contributed by atoms with Crippen molar-refractivity contribution in [1.82, 2.24) is 20.0 Å². The number of carbonyl (C=O) groups excluding carboxylic acids is 1. The summed E-state index contributed by atoms with van der Waals surface area (Å²) in [5.41, 5.74) is 1.70. The minimum Gasteiger partial charge on any atom is -0.296 e. The van der Waals surface area contributed by atoms with E-state index in [1.807, 2.05) is 30.3 Å². The number of carbonyl (C=O) groups is 1. The van der Waals surface area contributed by atoms with Gasteiger partial charge in [-0.05, 0) is 31.9 Å². The molecule has 3 rings (SSSR count). The summed E-state index contributed by atoms with van der Waals surface area (Å²) in [6, 6.07) is 9.46. The van der Waals surface area contributed by atoms with Gasteiger partial charge in [-0.3, -0.25) is 10.1 Å². The van der Waals surface area contributed by atoms with Crippen LogP contribution >= 0.6 is 22.9 Å². The number of rotatable bonds is 6. The molecule has 0 fully saturated rings. The van der Waals surface area contributed by atoms with Crippen molar-refractivity contribution in [3.63, 3.8) is 0 Å². The van der Waals surface area contributed by atoms with Crippen LogP contribution in [0.15, 0.2) is 30.3 Å². The predicted octanol–water partition coefficient (Wildman–Crippen LogP) is 4.84. The monoisotopic (exact) mass is 389 g/mol. The van der Waals surface area contributed by atoms with E-state index in [-0.39, 0.29) is 11.1 Å². The second-order valence-electron chi connectivity index (χ2n) is 5.91. The molecule has 0 unspecified atom stereocenters. The molecule has 0 saturated heterocycles. The standard InChI is InChI=1S/C18H20ClN5OS/c1-4-12(5-2)17-21-22-18(26-17)20-16(25)14-11(3)23-24(15(14)19)13-9-7-6-8-10-13/h6-10,12H,4-5H2,1-3H3,(H,20,22,25). The lowest BCUT2D eigenvalue weighted by Crippen LogP contribution is -2.13. The van der Waals surface area contributed by atoms with Crippen molar-refractivity contribution in [2.75, 3.05) is 5.32 Å². The molecule has 8 heteroatoms. The molecule has 2 aromatic heterocycles. The van der Waals surface area contributed by atoms with Gasteiger partial charge in [0.2, 0.25) is 5.13 Å². The number of nitrogens with zero attached hydrogens (tertiary/aromatic N) is 4. The van der Waals surface area contributed by atoms with Crippen molar-refractivity contribution < 1.29 is 4.79 Å². The fourth-order valence-corrected chi connectivity index (χ4v) is 4.11. The third kappa shape index (κ3) is 3.64. The van der Waals surface area contributed by atoms with Crippen LogP contribution in [0, 0.1) is 6.92 Å². The molecule has 3 aromatic rings. The summed E-state index contributed by atoms with van der Waals surface area (Å²) < 4.78 is 1.56. The first-order valence-corrected chi connectivity index (χ1v) is 9.69. The van der Waals surface area contributed by atoms with Crippen LogP contribution in [0.25, 0.3) is 5.69 Å². The van der Waals surface area contributed by atoms with Crippen LogP contribution in [0.4, 0.5) is 5.13 Å². The summed E-state index contributed by atoms with van der Waals surface area (Å²) >= 11 is 7.84. The maximum absolute atomic E-state index is 12.7. The molecule has 0 aliphatic heterocycles. The van der Waals surface area contributed by atoms with Crippen molar-refractivity contribution in [2.45, 2.75) is 39.5 Å². The van der Waals surface area contributed by atoms with Crippen LogP contribution in [0.5, 0.6) is 0 Å². The highest BCUT2D eigenvalue weighted by Gasteiger charge is 2.23. The van der Waals surface area contributed by atoms with Crippen LogP contribution in [0.2, 0.25) is 5.15 Å². The lowest BCUT2D eigenvalue weighted by Gasteiger charge is -2.06. The molecule has 136 valence electrons. The lowest BCUT2D eigenvalue weighted by molar-refractivity contribution is 0.102. The zero-order valence-corrected chi connectivity index (χ0v) is 16.4.